The summed E-state index contributed by atoms with van der Waals surface area (Å²) in [7, 11) is 0. The molecule has 0 radical (unpaired) electrons. The number of hydrogen-bond acceptors (Lipinski definition) is 4. The zero-order valence-electron chi connectivity index (χ0n) is 16.3. The fourth-order valence-corrected chi connectivity index (χ4v) is 4.13. The highest BCUT2D eigenvalue weighted by molar-refractivity contribution is 5.75. The molecule has 1 unspecified atom stereocenters. The Morgan fingerprint density at radius 2 is 1.81 bits per heavy atom. The molecule has 2 saturated heterocycles. The van der Waals surface area contributed by atoms with Gasteiger partial charge in [0.15, 0.2) is 0 Å². The maximum atomic E-state index is 13.1. The Morgan fingerprint density at radius 3 is 2.35 bits per heavy atom. The first-order chi connectivity index (χ1) is 12.2. The number of likely N-dealkylation sites (tertiary alicyclic amines) is 1. The fourth-order valence-electron chi connectivity index (χ4n) is 4.13. The molecule has 142 valence electrons. The first-order valence-corrected chi connectivity index (χ1v) is 9.44. The second-order valence-electron chi connectivity index (χ2n) is 8.64. The Labute approximate surface area is 155 Å². The number of carbonyl (C=O) groups is 2. The number of cyclic esters (lactones) is 1. The van der Waals surface area contributed by atoms with Crippen LogP contribution in [0, 0.1) is 11.8 Å². The Morgan fingerprint density at radius 1 is 1.15 bits per heavy atom. The second-order valence-corrected chi connectivity index (χ2v) is 8.64. The van der Waals surface area contributed by atoms with Crippen molar-refractivity contribution in [2.75, 3.05) is 0 Å². The van der Waals surface area contributed by atoms with E-state index in [0.717, 1.165) is 12.0 Å². The van der Waals surface area contributed by atoms with Crippen LogP contribution < -0.4 is 0 Å². The molecule has 0 aromatic heterocycles. The number of carbonyl (C=O) groups excluding carboxylic acids is 2. The number of esters is 1. The summed E-state index contributed by atoms with van der Waals surface area (Å²) in [4.78, 5) is 26.8. The van der Waals surface area contributed by atoms with Crippen molar-refractivity contribution in [1.29, 1.82) is 0 Å². The van der Waals surface area contributed by atoms with Crippen LogP contribution in [0.25, 0.3) is 0 Å². The molecule has 2 aliphatic heterocycles. The van der Waals surface area contributed by atoms with Gasteiger partial charge in [0.2, 0.25) is 0 Å². The lowest BCUT2D eigenvalue weighted by molar-refractivity contribution is -0.145. The summed E-state index contributed by atoms with van der Waals surface area (Å²) in [5.74, 6) is -0.0361. The molecule has 3 rings (SSSR count). The Hall–Kier alpha value is -2.04. The van der Waals surface area contributed by atoms with Crippen molar-refractivity contribution in [1.82, 2.24) is 4.90 Å². The minimum Gasteiger partial charge on any atom is -0.460 e. The summed E-state index contributed by atoms with van der Waals surface area (Å²) in [6.45, 7) is 9.64. The van der Waals surface area contributed by atoms with E-state index in [1.54, 1.807) is 0 Å². The third-order valence-electron chi connectivity index (χ3n) is 5.24. The zero-order chi connectivity index (χ0) is 19.1. The van der Waals surface area contributed by atoms with Crippen molar-refractivity contribution in [3.63, 3.8) is 0 Å². The molecule has 2 fully saturated rings. The summed E-state index contributed by atoms with van der Waals surface area (Å²) in [6.07, 6.45) is 0.845. The van der Waals surface area contributed by atoms with Gasteiger partial charge in [-0.15, -0.1) is 0 Å². The van der Waals surface area contributed by atoms with Gasteiger partial charge in [-0.2, -0.15) is 0 Å². The van der Waals surface area contributed by atoms with E-state index in [1.807, 2.05) is 62.9 Å². The molecule has 0 spiro atoms. The van der Waals surface area contributed by atoms with Gasteiger partial charge in [0.25, 0.3) is 0 Å². The number of amides is 1. The molecular weight excluding hydrogens is 330 g/mol. The van der Waals surface area contributed by atoms with Crippen molar-refractivity contribution in [3.05, 3.63) is 35.9 Å². The Bertz CT molecular complexity index is 666. The van der Waals surface area contributed by atoms with Crippen molar-refractivity contribution in [3.8, 4) is 0 Å². The second kappa shape index (κ2) is 6.93. The number of benzene rings is 1. The zero-order valence-corrected chi connectivity index (χ0v) is 16.3. The predicted octanol–water partition coefficient (Wildman–Crippen LogP) is 4.32. The minimum atomic E-state index is -0.575. The van der Waals surface area contributed by atoms with Crippen LogP contribution in [0.1, 0.15) is 59.1 Å². The average molecular weight is 359 g/mol. The van der Waals surface area contributed by atoms with Gasteiger partial charge in [0, 0.05) is 0 Å². The number of rotatable bonds is 2. The molecule has 2 heterocycles. The largest absolute Gasteiger partial charge is 0.460 e. The van der Waals surface area contributed by atoms with Crippen LogP contribution in [0.3, 0.4) is 0 Å². The maximum absolute atomic E-state index is 13.1. The van der Waals surface area contributed by atoms with E-state index >= 15 is 0 Å². The molecule has 0 bridgehead atoms. The lowest BCUT2D eigenvalue weighted by atomic mass is 9.94. The summed E-state index contributed by atoms with van der Waals surface area (Å²) in [6, 6.07) is 9.80. The van der Waals surface area contributed by atoms with E-state index in [0.29, 0.717) is 6.42 Å². The van der Waals surface area contributed by atoms with E-state index < -0.39 is 5.60 Å². The normalized spacial score (nSPS) is 31.8. The SMILES string of the molecule is C[C@@H]1CC([C@@H]2C[C@@H](C)[C@@H](c3ccccc3)N2C(=O)OC(C)(C)C)OC1=O. The van der Waals surface area contributed by atoms with Gasteiger partial charge in [-0.25, -0.2) is 4.79 Å². The summed E-state index contributed by atoms with van der Waals surface area (Å²) in [5.41, 5.74) is 0.514. The van der Waals surface area contributed by atoms with Gasteiger partial charge >= 0.3 is 12.1 Å². The van der Waals surface area contributed by atoms with Crippen molar-refractivity contribution in [2.45, 2.75) is 71.2 Å². The number of hydrogen-bond donors (Lipinski definition) is 0. The van der Waals surface area contributed by atoms with Gasteiger partial charge in [-0.1, -0.05) is 44.2 Å². The van der Waals surface area contributed by atoms with Crippen LogP contribution in [0.15, 0.2) is 30.3 Å². The smallest absolute Gasteiger partial charge is 0.411 e. The first kappa shape index (κ1) is 18.7. The minimum absolute atomic E-state index is 0.0781. The molecule has 1 aromatic rings. The Kier molecular flexibility index (Phi) is 5.00. The molecule has 0 aliphatic carbocycles. The third-order valence-corrected chi connectivity index (χ3v) is 5.24. The van der Waals surface area contributed by atoms with Gasteiger partial charge < -0.3 is 9.47 Å². The number of ether oxygens (including phenoxy) is 2. The highest BCUT2D eigenvalue weighted by atomic mass is 16.6. The van der Waals surface area contributed by atoms with Gasteiger partial charge in [-0.3, -0.25) is 9.69 Å². The quantitative estimate of drug-likeness (QED) is 0.738. The van der Waals surface area contributed by atoms with Crippen LogP contribution in [0.2, 0.25) is 0 Å². The van der Waals surface area contributed by atoms with Crippen molar-refractivity contribution in [2.24, 2.45) is 11.8 Å². The van der Waals surface area contributed by atoms with Crippen LogP contribution in [-0.2, 0) is 14.3 Å². The molecule has 5 heteroatoms. The summed E-state index contributed by atoms with van der Waals surface area (Å²) in [5, 5.41) is 0. The molecule has 1 amide bonds. The molecule has 0 N–H and O–H groups in total. The highest BCUT2D eigenvalue weighted by Crippen LogP contribution is 2.45. The Balaban J connectivity index is 1.93. The van der Waals surface area contributed by atoms with Crippen molar-refractivity contribution < 1.29 is 19.1 Å². The molecule has 5 atom stereocenters. The molecule has 1 aromatic carbocycles. The van der Waals surface area contributed by atoms with E-state index in [2.05, 4.69) is 6.92 Å². The van der Waals surface area contributed by atoms with E-state index in [-0.39, 0.29) is 42.1 Å². The van der Waals surface area contributed by atoms with E-state index in [9.17, 15) is 9.59 Å². The predicted molar refractivity (Wildman–Crippen MR) is 98.5 cm³/mol. The van der Waals surface area contributed by atoms with Crippen LogP contribution in [0.5, 0.6) is 0 Å². The van der Waals surface area contributed by atoms with Gasteiger partial charge in [0.05, 0.1) is 18.0 Å². The van der Waals surface area contributed by atoms with Crippen LogP contribution >= 0.6 is 0 Å². The van der Waals surface area contributed by atoms with Crippen LogP contribution in [0.4, 0.5) is 4.79 Å². The molecule has 2 aliphatic rings. The third kappa shape index (κ3) is 3.71. The standard InChI is InChI=1S/C21H29NO4/c1-13-11-16(17-12-14(2)19(23)25-17)22(20(24)26-21(3,4)5)18(13)15-9-7-6-8-10-15/h6-10,13-14,16-18H,11-12H2,1-5H3/t13-,14-,16+,17?,18+/m1/s1. The molecule has 0 saturated carbocycles. The van der Waals surface area contributed by atoms with Gasteiger partial charge in [-0.05, 0) is 45.1 Å². The fraction of sp³-hybridized carbons (Fsp3) is 0.619. The lowest BCUT2D eigenvalue weighted by Gasteiger charge is -2.35. The highest BCUT2D eigenvalue weighted by Gasteiger charge is 2.50. The topological polar surface area (TPSA) is 55.8 Å². The van der Waals surface area contributed by atoms with Crippen molar-refractivity contribution >= 4 is 12.1 Å². The average Bonchev–Trinajstić information content (AvgIpc) is 3.06. The van der Waals surface area contributed by atoms with E-state index in [1.165, 1.54) is 0 Å². The monoisotopic (exact) mass is 359 g/mol. The first-order valence-electron chi connectivity index (χ1n) is 9.44. The van der Waals surface area contributed by atoms with E-state index in [4.69, 9.17) is 9.47 Å². The molecule has 5 nitrogen and oxygen atoms in total. The molecule has 26 heavy (non-hydrogen) atoms. The number of nitrogens with zero attached hydrogens (tertiary/aromatic N) is 1. The summed E-state index contributed by atoms with van der Waals surface area (Å²) < 4.78 is 11.3. The maximum Gasteiger partial charge on any atom is 0.411 e. The lowest BCUT2D eigenvalue weighted by Crippen LogP contribution is -2.46. The van der Waals surface area contributed by atoms with Crippen LogP contribution in [-0.4, -0.2) is 34.7 Å². The summed E-state index contributed by atoms with van der Waals surface area (Å²) >= 11 is 0. The van der Waals surface area contributed by atoms with Gasteiger partial charge in [0.1, 0.15) is 11.7 Å². The molecular formula is C21H29NO4.